The van der Waals surface area contributed by atoms with Crippen LogP contribution in [0.25, 0.3) is 11.1 Å². The number of alkyl halides is 2. The molecule has 8 nitrogen and oxygen atoms in total. The highest BCUT2D eigenvalue weighted by atomic mass is 32.2. The number of halogens is 2. The number of thioether (sulfide) groups is 1. The van der Waals surface area contributed by atoms with E-state index in [-0.39, 0.29) is 30.2 Å². The molecule has 0 radical (unpaired) electrons. The average Bonchev–Trinajstić information content (AvgIpc) is 2.81. The van der Waals surface area contributed by atoms with Gasteiger partial charge in [-0.25, -0.2) is 4.98 Å². The highest BCUT2D eigenvalue weighted by Crippen LogP contribution is 2.36. The lowest BCUT2D eigenvalue weighted by Gasteiger charge is -2.13. The molecule has 0 atom stereocenters. The Morgan fingerprint density at radius 2 is 1.94 bits per heavy atom. The van der Waals surface area contributed by atoms with Crippen molar-refractivity contribution in [2.45, 2.75) is 11.6 Å². The number of hydrogen-bond acceptors (Lipinski definition) is 9. The lowest BCUT2D eigenvalue weighted by molar-refractivity contribution is -0.133. The standard InChI is InChI=1S/C22H20F2N6O2S/c1-3-29-12-15(28-2)13-33-21-18(11-26)19(17(10-25)20(27)30-21)14-4-6-16(7-5-14)31-8-9-32-22(23)24/h3-7,12,22H,1,8-9,13H2,2H3,(H2,27,30). The topological polar surface area (TPSA) is 130 Å². The van der Waals surface area contributed by atoms with E-state index in [2.05, 4.69) is 32.4 Å². The minimum atomic E-state index is -2.86. The number of nitriles is 2. The summed E-state index contributed by atoms with van der Waals surface area (Å²) in [6.07, 6.45) is 2.93. The number of nitrogens with zero attached hydrogens (tertiary/aromatic N) is 5. The molecular formula is C22H20F2N6O2S. The van der Waals surface area contributed by atoms with Crippen LogP contribution in [0.5, 0.6) is 5.75 Å². The molecule has 0 saturated carbocycles. The first kappa shape index (κ1) is 25.5. The first-order chi connectivity index (χ1) is 15.9. The maximum absolute atomic E-state index is 12.0. The summed E-state index contributed by atoms with van der Waals surface area (Å²) in [5.74, 6) is 0.775. The highest BCUT2D eigenvalue weighted by molar-refractivity contribution is 8.00. The molecule has 2 N–H and O–H groups in total. The van der Waals surface area contributed by atoms with Gasteiger partial charge in [0, 0.05) is 30.8 Å². The number of anilines is 1. The van der Waals surface area contributed by atoms with E-state index < -0.39 is 6.61 Å². The third-order valence-electron chi connectivity index (χ3n) is 4.13. The average molecular weight is 471 g/mol. The van der Waals surface area contributed by atoms with Gasteiger partial charge in [0.05, 0.1) is 17.9 Å². The van der Waals surface area contributed by atoms with Crippen LogP contribution in [0.3, 0.4) is 0 Å². The van der Waals surface area contributed by atoms with Gasteiger partial charge in [-0.2, -0.15) is 19.3 Å². The van der Waals surface area contributed by atoms with Crippen LogP contribution >= 0.6 is 11.8 Å². The maximum Gasteiger partial charge on any atom is 0.345 e. The SMILES string of the molecule is C=CN=CC(CSc1nc(N)c(C#N)c(-c2ccc(OCCOC(F)F)cc2)c1C#N)=NC. The number of benzene rings is 1. The van der Waals surface area contributed by atoms with E-state index in [1.54, 1.807) is 37.5 Å². The van der Waals surface area contributed by atoms with Gasteiger partial charge in [0.1, 0.15) is 40.9 Å². The zero-order valence-corrected chi connectivity index (χ0v) is 18.5. The molecule has 0 aliphatic rings. The molecule has 33 heavy (non-hydrogen) atoms. The van der Waals surface area contributed by atoms with Gasteiger partial charge in [-0.3, -0.25) is 9.98 Å². The van der Waals surface area contributed by atoms with E-state index in [4.69, 9.17) is 10.5 Å². The second-order valence-corrected chi connectivity index (χ2v) is 7.08. The molecule has 2 aromatic rings. The van der Waals surface area contributed by atoms with Crippen LogP contribution in [-0.2, 0) is 4.74 Å². The predicted octanol–water partition coefficient (Wildman–Crippen LogP) is 4.07. The molecule has 0 amide bonds. The number of hydrogen-bond donors (Lipinski definition) is 1. The number of nitrogen functional groups attached to an aromatic ring is 1. The van der Waals surface area contributed by atoms with Gasteiger partial charge in [-0.15, -0.1) is 0 Å². The summed E-state index contributed by atoms with van der Waals surface area (Å²) in [7, 11) is 1.62. The summed E-state index contributed by atoms with van der Waals surface area (Å²) in [6, 6.07) is 10.6. The summed E-state index contributed by atoms with van der Waals surface area (Å²) >= 11 is 1.24. The highest BCUT2D eigenvalue weighted by Gasteiger charge is 2.21. The predicted molar refractivity (Wildman–Crippen MR) is 124 cm³/mol. The Labute approximate surface area is 194 Å². The number of rotatable bonds is 11. The molecule has 2 rings (SSSR count). The molecule has 0 fully saturated rings. The Morgan fingerprint density at radius 1 is 1.24 bits per heavy atom. The van der Waals surface area contributed by atoms with Crippen molar-refractivity contribution in [3.05, 3.63) is 48.2 Å². The monoisotopic (exact) mass is 470 g/mol. The summed E-state index contributed by atoms with van der Waals surface area (Å²) in [5.41, 5.74) is 7.83. The number of ether oxygens (including phenoxy) is 2. The Kier molecular flexibility index (Phi) is 9.96. The van der Waals surface area contributed by atoms with E-state index >= 15 is 0 Å². The van der Waals surface area contributed by atoms with Crippen molar-refractivity contribution in [2.24, 2.45) is 9.98 Å². The van der Waals surface area contributed by atoms with Crippen molar-refractivity contribution < 1.29 is 18.3 Å². The van der Waals surface area contributed by atoms with Crippen LogP contribution in [0.15, 0.2) is 52.1 Å². The first-order valence-electron chi connectivity index (χ1n) is 9.44. The lowest BCUT2D eigenvalue weighted by Crippen LogP contribution is -2.09. The molecule has 1 heterocycles. The van der Waals surface area contributed by atoms with Gasteiger partial charge in [-0.1, -0.05) is 30.5 Å². The van der Waals surface area contributed by atoms with Crippen molar-refractivity contribution in [3.8, 4) is 29.0 Å². The second-order valence-electron chi connectivity index (χ2n) is 6.12. The van der Waals surface area contributed by atoms with E-state index in [0.29, 0.717) is 33.4 Å². The lowest BCUT2D eigenvalue weighted by atomic mass is 9.97. The van der Waals surface area contributed by atoms with Crippen LogP contribution in [0, 0.1) is 22.7 Å². The molecule has 11 heteroatoms. The van der Waals surface area contributed by atoms with Gasteiger partial charge in [-0.05, 0) is 17.7 Å². The Morgan fingerprint density at radius 3 is 2.52 bits per heavy atom. The fourth-order valence-corrected chi connectivity index (χ4v) is 3.59. The van der Waals surface area contributed by atoms with Gasteiger partial charge in [0.2, 0.25) is 0 Å². The third kappa shape index (κ3) is 7.10. The van der Waals surface area contributed by atoms with Gasteiger partial charge in [0.25, 0.3) is 0 Å². The molecule has 0 spiro atoms. The number of pyridine rings is 1. The van der Waals surface area contributed by atoms with E-state index in [1.807, 2.05) is 6.07 Å². The van der Waals surface area contributed by atoms with Crippen molar-refractivity contribution in [1.29, 1.82) is 10.5 Å². The van der Waals surface area contributed by atoms with Gasteiger partial charge in [0.15, 0.2) is 0 Å². The maximum atomic E-state index is 12.0. The van der Waals surface area contributed by atoms with Crippen molar-refractivity contribution in [1.82, 2.24) is 4.98 Å². The first-order valence-corrected chi connectivity index (χ1v) is 10.4. The van der Waals surface area contributed by atoms with Crippen LogP contribution in [0.1, 0.15) is 11.1 Å². The Balaban J connectivity index is 2.36. The van der Waals surface area contributed by atoms with Crippen molar-refractivity contribution in [2.75, 3.05) is 31.7 Å². The summed E-state index contributed by atoms with van der Waals surface area (Å²) in [5, 5.41) is 19.8. The van der Waals surface area contributed by atoms with Crippen molar-refractivity contribution >= 4 is 29.5 Å². The minimum absolute atomic E-state index is 0.00628. The smallest absolute Gasteiger partial charge is 0.345 e. The molecule has 0 bridgehead atoms. The number of aliphatic imine (C=N–C) groups is 2. The molecular weight excluding hydrogens is 450 g/mol. The summed E-state index contributed by atoms with van der Waals surface area (Å²) in [6.45, 7) is 0.332. The van der Waals surface area contributed by atoms with Crippen LogP contribution in [0.4, 0.5) is 14.6 Å². The van der Waals surface area contributed by atoms with E-state index in [1.165, 1.54) is 18.0 Å². The second kappa shape index (κ2) is 12.9. The fraction of sp³-hybridized carbons (Fsp3) is 0.227. The van der Waals surface area contributed by atoms with Crippen molar-refractivity contribution in [3.63, 3.8) is 0 Å². The normalized spacial score (nSPS) is 11.4. The quantitative estimate of drug-likeness (QED) is 0.298. The van der Waals surface area contributed by atoms with Crippen LogP contribution < -0.4 is 10.5 Å². The fourth-order valence-electron chi connectivity index (χ4n) is 2.65. The Hall–Kier alpha value is -3.80. The molecule has 0 aliphatic heterocycles. The van der Waals surface area contributed by atoms with E-state index in [9.17, 15) is 19.3 Å². The number of aromatic nitrogens is 1. The Bertz CT molecular complexity index is 1120. The third-order valence-corrected chi connectivity index (χ3v) is 5.14. The largest absolute Gasteiger partial charge is 0.491 e. The minimum Gasteiger partial charge on any atom is -0.491 e. The van der Waals surface area contributed by atoms with Crippen LogP contribution in [-0.4, -0.2) is 49.5 Å². The summed E-state index contributed by atoms with van der Waals surface area (Å²) < 4.78 is 33.5. The zero-order chi connectivity index (χ0) is 24.2. The van der Waals surface area contributed by atoms with Gasteiger partial charge < -0.3 is 15.2 Å². The molecule has 170 valence electrons. The number of nitrogens with two attached hydrogens (primary N) is 1. The summed E-state index contributed by atoms with van der Waals surface area (Å²) in [4.78, 5) is 12.3. The van der Waals surface area contributed by atoms with Crippen LogP contribution in [0.2, 0.25) is 0 Å². The molecule has 0 aliphatic carbocycles. The molecule has 0 unspecified atom stereocenters. The molecule has 1 aromatic carbocycles. The molecule has 0 saturated heterocycles. The van der Waals surface area contributed by atoms with Gasteiger partial charge >= 0.3 is 6.61 Å². The van der Waals surface area contributed by atoms with E-state index in [0.717, 1.165) is 0 Å². The zero-order valence-electron chi connectivity index (χ0n) is 17.7. The molecule has 1 aromatic heterocycles.